The molecule has 0 saturated carbocycles. The van der Waals surface area contributed by atoms with Gasteiger partial charge in [-0.25, -0.2) is 4.98 Å². The van der Waals surface area contributed by atoms with Gasteiger partial charge in [-0.05, 0) is 30.0 Å². The molecule has 0 saturated heterocycles. The van der Waals surface area contributed by atoms with Crippen LogP contribution in [0.1, 0.15) is 31.7 Å². The second-order valence-electron chi connectivity index (χ2n) is 6.12. The molecule has 2 aromatic carbocycles. The summed E-state index contributed by atoms with van der Waals surface area (Å²) in [4.78, 5) is 16.5. The molecule has 0 aliphatic heterocycles. The van der Waals surface area contributed by atoms with Crippen molar-refractivity contribution >= 4 is 22.4 Å². The molecule has 26 heavy (non-hydrogen) atoms. The number of ether oxygens (including phenoxy) is 1. The molecular formula is C21H22N2O2S. The lowest BCUT2D eigenvalue weighted by Gasteiger charge is -2.10. The topological polar surface area (TPSA) is 51.2 Å². The Balaban J connectivity index is 1.52. The van der Waals surface area contributed by atoms with E-state index in [2.05, 4.69) is 24.1 Å². The number of thiazole rings is 1. The van der Waals surface area contributed by atoms with Gasteiger partial charge in [-0.3, -0.25) is 10.1 Å². The number of nitrogens with one attached hydrogen (secondary N) is 1. The molecule has 3 aromatic rings. The van der Waals surface area contributed by atoms with E-state index in [1.807, 2.05) is 60.0 Å². The monoisotopic (exact) mass is 366 g/mol. The molecule has 0 aliphatic carbocycles. The summed E-state index contributed by atoms with van der Waals surface area (Å²) in [6, 6.07) is 17.8. The van der Waals surface area contributed by atoms with E-state index in [1.165, 1.54) is 16.9 Å². The number of carbonyl (C=O) groups excluding carboxylic acids is 1. The summed E-state index contributed by atoms with van der Waals surface area (Å²) >= 11 is 1.40. The Hall–Kier alpha value is -2.66. The fraction of sp³-hybridized carbons (Fsp3) is 0.238. The predicted octanol–water partition coefficient (Wildman–Crippen LogP) is 5.34. The van der Waals surface area contributed by atoms with E-state index >= 15 is 0 Å². The molecular weight excluding hydrogens is 344 g/mol. The Morgan fingerprint density at radius 3 is 2.58 bits per heavy atom. The second-order valence-corrected chi connectivity index (χ2v) is 6.98. The van der Waals surface area contributed by atoms with Crippen LogP contribution >= 0.6 is 11.3 Å². The zero-order valence-corrected chi connectivity index (χ0v) is 15.8. The zero-order valence-electron chi connectivity index (χ0n) is 14.9. The average molecular weight is 366 g/mol. The van der Waals surface area contributed by atoms with Crippen molar-refractivity contribution in [3.63, 3.8) is 0 Å². The van der Waals surface area contributed by atoms with Crippen molar-refractivity contribution in [2.75, 3.05) is 11.9 Å². The number of anilines is 1. The molecule has 0 bridgehead atoms. The van der Waals surface area contributed by atoms with Crippen molar-refractivity contribution in [1.29, 1.82) is 0 Å². The summed E-state index contributed by atoms with van der Waals surface area (Å²) in [5.74, 6) is 0.998. The molecule has 1 amide bonds. The van der Waals surface area contributed by atoms with E-state index in [0.29, 0.717) is 16.8 Å². The minimum absolute atomic E-state index is 0.0388. The third-order valence-corrected chi connectivity index (χ3v) is 5.01. The predicted molar refractivity (Wildman–Crippen MR) is 107 cm³/mol. The molecule has 1 atom stereocenters. The van der Waals surface area contributed by atoms with Gasteiger partial charge in [0.1, 0.15) is 5.75 Å². The maximum atomic E-state index is 12.1. The number of nitrogens with zero attached hydrogens (tertiary/aromatic N) is 1. The fourth-order valence-corrected chi connectivity index (χ4v) is 3.24. The van der Waals surface area contributed by atoms with E-state index in [1.54, 1.807) is 0 Å². The Morgan fingerprint density at radius 2 is 1.88 bits per heavy atom. The normalized spacial score (nSPS) is 11.8. The molecule has 134 valence electrons. The quantitative estimate of drug-likeness (QED) is 0.614. The van der Waals surface area contributed by atoms with Crippen LogP contribution in [0.15, 0.2) is 60.0 Å². The van der Waals surface area contributed by atoms with Crippen molar-refractivity contribution in [3.05, 3.63) is 65.5 Å². The highest BCUT2D eigenvalue weighted by Gasteiger charge is 2.09. The van der Waals surface area contributed by atoms with Gasteiger partial charge in [-0.15, -0.1) is 11.3 Å². The molecule has 0 fully saturated rings. The van der Waals surface area contributed by atoms with Crippen LogP contribution in [0.25, 0.3) is 11.3 Å². The summed E-state index contributed by atoms with van der Waals surface area (Å²) in [6.45, 7) is 4.32. The summed E-state index contributed by atoms with van der Waals surface area (Å²) < 4.78 is 5.56. The molecule has 0 aliphatic rings. The highest BCUT2D eigenvalue weighted by Crippen LogP contribution is 2.25. The number of hydrogen-bond acceptors (Lipinski definition) is 4. The molecule has 0 spiro atoms. The summed E-state index contributed by atoms with van der Waals surface area (Å²) in [5, 5.41) is 5.29. The van der Waals surface area contributed by atoms with Crippen LogP contribution in [-0.2, 0) is 4.79 Å². The number of rotatable bonds is 7. The van der Waals surface area contributed by atoms with Gasteiger partial charge in [-0.2, -0.15) is 0 Å². The van der Waals surface area contributed by atoms with Gasteiger partial charge in [-0.1, -0.05) is 56.3 Å². The molecule has 1 heterocycles. The minimum Gasteiger partial charge on any atom is -0.484 e. The van der Waals surface area contributed by atoms with E-state index in [0.717, 1.165) is 17.7 Å². The molecule has 0 unspecified atom stereocenters. The molecule has 3 rings (SSSR count). The van der Waals surface area contributed by atoms with Crippen molar-refractivity contribution < 1.29 is 9.53 Å². The first-order valence-electron chi connectivity index (χ1n) is 8.69. The van der Waals surface area contributed by atoms with E-state index in [9.17, 15) is 4.79 Å². The van der Waals surface area contributed by atoms with Crippen LogP contribution < -0.4 is 10.1 Å². The van der Waals surface area contributed by atoms with Gasteiger partial charge in [0.15, 0.2) is 11.7 Å². The van der Waals surface area contributed by atoms with Crippen LogP contribution in [0.3, 0.4) is 0 Å². The third-order valence-electron chi connectivity index (χ3n) is 4.25. The van der Waals surface area contributed by atoms with Crippen LogP contribution in [0.2, 0.25) is 0 Å². The number of aromatic nitrogens is 1. The van der Waals surface area contributed by atoms with Crippen LogP contribution in [0.4, 0.5) is 5.13 Å². The van der Waals surface area contributed by atoms with Gasteiger partial charge >= 0.3 is 0 Å². The van der Waals surface area contributed by atoms with Gasteiger partial charge < -0.3 is 4.74 Å². The van der Waals surface area contributed by atoms with Crippen LogP contribution in [0.5, 0.6) is 5.75 Å². The number of amides is 1. The highest BCUT2D eigenvalue weighted by molar-refractivity contribution is 7.14. The summed E-state index contributed by atoms with van der Waals surface area (Å²) in [7, 11) is 0. The lowest BCUT2D eigenvalue weighted by atomic mass is 9.99. The van der Waals surface area contributed by atoms with E-state index in [4.69, 9.17) is 4.74 Å². The minimum atomic E-state index is -0.218. The maximum Gasteiger partial charge on any atom is 0.264 e. The molecule has 1 aromatic heterocycles. The fourth-order valence-electron chi connectivity index (χ4n) is 2.51. The number of carbonyl (C=O) groups is 1. The first-order valence-corrected chi connectivity index (χ1v) is 9.57. The average Bonchev–Trinajstić information content (AvgIpc) is 3.15. The van der Waals surface area contributed by atoms with E-state index in [-0.39, 0.29) is 12.5 Å². The first kappa shape index (κ1) is 18.1. The summed E-state index contributed by atoms with van der Waals surface area (Å²) in [5.41, 5.74) is 3.16. The Labute approximate surface area is 157 Å². The molecule has 4 nitrogen and oxygen atoms in total. The lowest BCUT2D eigenvalue weighted by Crippen LogP contribution is -2.20. The van der Waals surface area contributed by atoms with Crippen molar-refractivity contribution in [2.45, 2.75) is 26.2 Å². The van der Waals surface area contributed by atoms with Crippen molar-refractivity contribution in [2.24, 2.45) is 0 Å². The third kappa shape index (κ3) is 4.70. The first-order chi connectivity index (χ1) is 12.7. The van der Waals surface area contributed by atoms with Crippen LogP contribution in [-0.4, -0.2) is 17.5 Å². The van der Waals surface area contributed by atoms with Crippen molar-refractivity contribution in [3.8, 4) is 17.0 Å². The smallest absolute Gasteiger partial charge is 0.264 e. The molecule has 1 N–H and O–H groups in total. The van der Waals surface area contributed by atoms with Gasteiger partial charge in [0.25, 0.3) is 5.91 Å². The van der Waals surface area contributed by atoms with Crippen LogP contribution in [0, 0.1) is 0 Å². The maximum absolute atomic E-state index is 12.1. The van der Waals surface area contributed by atoms with Crippen molar-refractivity contribution in [1.82, 2.24) is 4.98 Å². The Morgan fingerprint density at radius 1 is 1.15 bits per heavy atom. The molecule has 0 radical (unpaired) electrons. The SMILES string of the molecule is CC[C@H](C)c1ccc(OCC(=O)Nc2nc(-c3ccccc3)cs2)cc1. The standard InChI is InChI=1S/C21H22N2O2S/c1-3-15(2)16-9-11-18(12-10-16)25-13-20(24)23-21-22-19(14-26-21)17-7-5-4-6-8-17/h4-12,14-15H,3,13H2,1-2H3,(H,22,23,24)/t15-/m0/s1. The zero-order chi connectivity index (χ0) is 18.4. The number of hydrogen-bond donors (Lipinski definition) is 1. The van der Waals surface area contributed by atoms with E-state index < -0.39 is 0 Å². The lowest BCUT2D eigenvalue weighted by molar-refractivity contribution is -0.118. The van der Waals surface area contributed by atoms with Gasteiger partial charge in [0.05, 0.1) is 5.69 Å². The highest BCUT2D eigenvalue weighted by atomic mass is 32.1. The summed E-state index contributed by atoms with van der Waals surface area (Å²) in [6.07, 6.45) is 1.10. The number of benzene rings is 2. The Bertz CT molecular complexity index is 844. The largest absolute Gasteiger partial charge is 0.484 e. The Kier molecular flexibility index (Phi) is 6.02. The van der Waals surface area contributed by atoms with Gasteiger partial charge in [0.2, 0.25) is 0 Å². The second kappa shape index (κ2) is 8.63. The molecule has 5 heteroatoms. The van der Waals surface area contributed by atoms with Gasteiger partial charge in [0, 0.05) is 10.9 Å².